The number of ether oxygens (including phenoxy) is 1. The molecule has 1 saturated heterocycles. The highest BCUT2D eigenvalue weighted by Gasteiger charge is 2.33. The summed E-state index contributed by atoms with van der Waals surface area (Å²) < 4.78 is 5.87. The fraction of sp³-hybridized carbons (Fsp3) is 0.733. The first-order valence-electron chi connectivity index (χ1n) is 7.61. The van der Waals surface area contributed by atoms with Crippen molar-refractivity contribution in [1.82, 2.24) is 9.97 Å². The first kappa shape index (κ1) is 16.4. The van der Waals surface area contributed by atoms with E-state index in [1.165, 1.54) is 0 Å². The molecule has 0 aliphatic carbocycles. The number of aryl methyl sites for hydroxylation is 1. The van der Waals surface area contributed by atoms with Gasteiger partial charge in [-0.1, -0.05) is 6.92 Å². The molecule has 0 radical (unpaired) electrons. The van der Waals surface area contributed by atoms with Crippen molar-refractivity contribution in [2.75, 3.05) is 37.4 Å². The Labute approximate surface area is 131 Å². The molecule has 1 fully saturated rings. The minimum absolute atomic E-state index is 0.224. The lowest BCUT2D eigenvalue weighted by atomic mass is 9.96. The van der Waals surface area contributed by atoms with Gasteiger partial charge in [0.05, 0.1) is 6.61 Å². The Balaban J connectivity index is 2.07. The van der Waals surface area contributed by atoms with Crippen molar-refractivity contribution in [3.63, 3.8) is 0 Å². The summed E-state index contributed by atoms with van der Waals surface area (Å²) in [6.07, 6.45) is 5.29. The van der Waals surface area contributed by atoms with E-state index >= 15 is 0 Å². The van der Waals surface area contributed by atoms with Gasteiger partial charge in [0.15, 0.2) is 0 Å². The first-order valence-corrected chi connectivity index (χ1v) is 8.83. The Hall–Kier alpha value is -1.01. The lowest BCUT2D eigenvalue weighted by Gasteiger charge is -2.40. The largest absolute Gasteiger partial charge is 0.478 e. The average Bonchev–Trinajstić information content (AvgIpc) is 2.52. The molecule has 118 valence electrons. The Kier molecular flexibility index (Phi) is 5.70. The monoisotopic (exact) mass is 310 g/mol. The maximum atomic E-state index is 5.95. The fourth-order valence-corrected chi connectivity index (χ4v) is 3.31. The maximum Gasteiger partial charge on any atom is 0.228 e. The third-order valence-corrected chi connectivity index (χ3v) is 5.48. The summed E-state index contributed by atoms with van der Waals surface area (Å²) in [7, 11) is 0. The van der Waals surface area contributed by atoms with Crippen LogP contribution in [0.1, 0.15) is 31.9 Å². The number of nitrogens with zero attached hydrogens (tertiary/aromatic N) is 3. The number of hydrogen-bond acceptors (Lipinski definition) is 6. The quantitative estimate of drug-likeness (QED) is 0.869. The second-order valence-corrected chi connectivity index (χ2v) is 6.85. The van der Waals surface area contributed by atoms with Crippen molar-refractivity contribution in [2.24, 2.45) is 5.73 Å². The zero-order valence-corrected chi connectivity index (χ0v) is 14.1. The number of rotatable bonds is 6. The third kappa shape index (κ3) is 4.01. The molecule has 1 aliphatic rings. The van der Waals surface area contributed by atoms with Crippen LogP contribution in [0.2, 0.25) is 0 Å². The van der Waals surface area contributed by atoms with Crippen molar-refractivity contribution in [3.05, 3.63) is 11.8 Å². The van der Waals surface area contributed by atoms with Crippen molar-refractivity contribution in [3.8, 4) is 5.88 Å². The normalized spacial score (nSPS) is 17.8. The zero-order chi connectivity index (χ0) is 15.3. The van der Waals surface area contributed by atoms with Gasteiger partial charge in [0.25, 0.3) is 0 Å². The molecule has 0 aromatic carbocycles. The summed E-state index contributed by atoms with van der Waals surface area (Å²) in [5.74, 6) is 1.47. The van der Waals surface area contributed by atoms with E-state index in [-0.39, 0.29) is 4.75 Å². The summed E-state index contributed by atoms with van der Waals surface area (Å²) >= 11 is 1.89. The van der Waals surface area contributed by atoms with Crippen molar-refractivity contribution in [2.45, 2.75) is 37.9 Å². The van der Waals surface area contributed by atoms with Gasteiger partial charge in [-0.25, -0.2) is 4.98 Å². The van der Waals surface area contributed by atoms with Gasteiger partial charge in [-0.15, -0.1) is 0 Å². The Morgan fingerprint density at radius 2 is 2.10 bits per heavy atom. The SMILES string of the molecule is CCCOc1cc(C)nc(N2CCC(CN)(SC)CC2)n1. The van der Waals surface area contributed by atoms with Crippen molar-refractivity contribution >= 4 is 17.7 Å². The van der Waals surface area contributed by atoms with Crippen LogP contribution in [-0.4, -0.2) is 47.2 Å². The average molecular weight is 310 g/mol. The lowest BCUT2D eigenvalue weighted by molar-refractivity contribution is 0.304. The zero-order valence-electron chi connectivity index (χ0n) is 13.3. The molecule has 2 N–H and O–H groups in total. The molecule has 0 saturated carbocycles. The third-order valence-electron chi connectivity index (χ3n) is 4.04. The van der Waals surface area contributed by atoms with Crippen molar-refractivity contribution in [1.29, 1.82) is 0 Å². The van der Waals surface area contributed by atoms with Crippen molar-refractivity contribution < 1.29 is 4.74 Å². The molecule has 0 unspecified atom stereocenters. The Morgan fingerprint density at radius 1 is 1.38 bits per heavy atom. The van der Waals surface area contributed by atoms with Crippen LogP contribution in [-0.2, 0) is 0 Å². The van der Waals surface area contributed by atoms with Gasteiger partial charge in [-0.05, 0) is 32.4 Å². The highest BCUT2D eigenvalue weighted by Crippen LogP contribution is 2.34. The van der Waals surface area contributed by atoms with E-state index in [2.05, 4.69) is 28.0 Å². The molecule has 1 aromatic rings. The summed E-state index contributed by atoms with van der Waals surface area (Å²) in [5.41, 5.74) is 6.90. The van der Waals surface area contributed by atoms with E-state index in [4.69, 9.17) is 10.5 Å². The molecule has 1 aromatic heterocycles. The van der Waals surface area contributed by atoms with Crippen LogP contribution >= 0.6 is 11.8 Å². The molecule has 2 heterocycles. The number of hydrogen-bond donors (Lipinski definition) is 1. The van der Waals surface area contributed by atoms with Gasteiger partial charge in [0.1, 0.15) is 0 Å². The van der Waals surface area contributed by atoms with E-state index in [9.17, 15) is 0 Å². The molecule has 1 aliphatic heterocycles. The van der Waals surface area contributed by atoms with E-state index < -0.39 is 0 Å². The smallest absolute Gasteiger partial charge is 0.228 e. The molecule has 0 bridgehead atoms. The second kappa shape index (κ2) is 7.31. The van der Waals surface area contributed by atoms with E-state index in [0.29, 0.717) is 12.5 Å². The van der Waals surface area contributed by atoms with Gasteiger partial charge in [0, 0.05) is 36.1 Å². The van der Waals surface area contributed by atoms with Gasteiger partial charge in [0.2, 0.25) is 11.8 Å². The number of anilines is 1. The van der Waals surface area contributed by atoms with Crippen LogP contribution in [0.25, 0.3) is 0 Å². The van der Waals surface area contributed by atoms with E-state index in [1.54, 1.807) is 0 Å². The molecule has 0 spiro atoms. The van der Waals surface area contributed by atoms with E-state index in [1.807, 2.05) is 24.8 Å². The number of thioether (sulfide) groups is 1. The van der Waals surface area contributed by atoms with Crippen LogP contribution in [0.4, 0.5) is 5.95 Å². The number of nitrogens with two attached hydrogens (primary N) is 1. The fourth-order valence-electron chi connectivity index (χ4n) is 2.55. The predicted octanol–water partition coefficient (Wildman–Crippen LogP) is 2.23. The minimum atomic E-state index is 0.224. The van der Waals surface area contributed by atoms with Crippen LogP contribution < -0.4 is 15.4 Å². The van der Waals surface area contributed by atoms with Crippen LogP contribution in [0.5, 0.6) is 5.88 Å². The van der Waals surface area contributed by atoms with Crippen LogP contribution in [0.15, 0.2) is 6.07 Å². The molecule has 5 nitrogen and oxygen atoms in total. The van der Waals surface area contributed by atoms with Gasteiger partial charge < -0.3 is 15.4 Å². The number of aromatic nitrogens is 2. The first-order chi connectivity index (χ1) is 10.1. The van der Waals surface area contributed by atoms with Crippen LogP contribution in [0, 0.1) is 6.92 Å². The summed E-state index contributed by atoms with van der Waals surface area (Å²) in [4.78, 5) is 11.4. The van der Waals surface area contributed by atoms with Gasteiger partial charge in [-0.2, -0.15) is 16.7 Å². The topological polar surface area (TPSA) is 64.3 Å². The van der Waals surface area contributed by atoms with Crippen LogP contribution in [0.3, 0.4) is 0 Å². The highest BCUT2D eigenvalue weighted by molar-refractivity contribution is 8.00. The molecule has 6 heteroatoms. The molecule has 21 heavy (non-hydrogen) atoms. The summed E-state index contributed by atoms with van der Waals surface area (Å²) in [5, 5.41) is 0. The Morgan fingerprint density at radius 3 is 2.67 bits per heavy atom. The Bertz CT molecular complexity index is 455. The van der Waals surface area contributed by atoms with Gasteiger partial charge in [-0.3, -0.25) is 0 Å². The summed E-state index contributed by atoms with van der Waals surface area (Å²) in [6.45, 7) is 7.41. The van der Waals surface area contributed by atoms with Gasteiger partial charge >= 0.3 is 0 Å². The molecular weight excluding hydrogens is 284 g/mol. The summed E-state index contributed by atoms with van der Waals surface area (Å²) in [6, 6.07) is 1.90. The second-order valence-electron chi connectivity index (χ2n) is 5.57. The molecule has 2 rings (SSSR count). The predicted molar refractivity (Wildman–Crippen MR) is 89.3 cm³/mol. The lowest BCUT2D eigenvalue weighted by Crippen LogP contribution is -2.47. The van der Waals surface area contributed by atoms with E-state index in [0.717, 1.165) is 50.5 Å². The number of piperidine rings is 1. The minimum Gasteiger partial charge on any atom is -0.478 e. The maximum absolute atomic E-state index is 5.95. The highest BCUT2D eigenvalue weighted by atomic mass is 32.2. The molecule has 0 amide bonds. The molecule has 0 atom stereocenters. The molecular formula is C15H26N4OS. The standard InChI is InChI=1S/C15H26N4OS/c1-4-9-20-13-10-12(2)17-14(18-13)19-7-5-15(11-16,21-3)6-8-19/h10H,4-9,11,16H2,1-3H3.